The molecule has 8 heteroatoms. The van der Waals surface area contributed by atoms with E-state index >= 15 is 0 Å². The van der Waals surface area contributed by atoms with Crippen LogP contribution in [0.3, 0.4) is 0 Å². The first-order valence-electron chi connectivity index (χ1n) is 5.71. The van der Waals surface area contributed by atoms with Gasteiger partial charge in [-0.2, -0.15) is 12.7 Å². The molecule has 0 unspecified atom stereocenters. The van der Waals surface area contributed by atoms with Crippen LogP contribution in [-0.4, -0.2) is 39.9 Å². The fourth-order valence-corrected chi connectivity index (χ4v) is 2.96. The molecule has 0 aromatic heterocycles. The third kappa shape index (κ3) is 4.72. The molecule has 1 rings (SSSR count). The van der Waals surface area contributed by atoms with Gasteiger partial charge in [-0.25, -0.2) is 4.39 Å². The maximum Gasteiger partial charge on any atom is 0.301 e. The van der Waals surface area contributed by atoms with Gasteiger partial charge in [-0.05, 0) is 48.1 Å². The summed E-state index contributed by atoms with van der Waals surface area (Å²) in [6, 6.07) is 4.26. The molecule has 108 valence electrons. The second-order valence-corrected chi connectivity index (χ2v) is 6.61. The Bertz CT molecular complexity index is 504. The molecule has 19 heavy (non-hydrogen) atoms. The van der Waals surface area contributed by atoms with Gasteiger partial charge in [0, 0.05) is 18.1 Å². The second-order valence-electron chi connectivity index (χ2n) is 3.98. The molecule has 0 amide bonds. The van der Waals surface area contributed by atoms with Crippen molar-refractivity contribution in [3.05, 3.63) is 28.5 Å². The minimum atomic E-state index is -3.75. The standard InChI is InChI=1S/C11H17BrFN3O2S/c1-14-7-4-8-16(2)19(17,18)15-11-9(12)5-3-6-10(11)13/h3,5-6,14-15H,4,7-8H2,1-2H3. The maximum atomic E-state index is 13.6. The van der Waals surface area contributed by atoms with Crippen molar-refractivity contribution >= 4 is 31.8 Å². The van der Waals surface area contributed by atoms with Gasteiger partial charge in [0.25, 0.3) is 0 Å². The quantitative estimate of drug-likeness (QED) is 0.734. The third-order valence-corrected chi connectivity index (χ3v) is 4.63. The van der Waals surface area contributed by atoms with Crippen LogP contribution in [0.5, 0.6) is 0 Å². The molecule has 0 aliphatic heterocycles. The fourth-order valence-electron chi connectivity index (χ4n) is 1.40. The van der Waals surface area contributed by atoms with E-state index in [2.05, 4.69) is 26.0 Å². The van der Waals surface area contributed by atoms with Crippen molar-refractivity contribution in [2.75, 3.05) is 31.9 Å². The average Bonchev–Trinajstić information content (AvgIpc) is 2.34. The van der Waals surface area contributed by atoms with E-state index in [1.165, 1.54) is 19.2 Å². The van der Waals surface area contributed by atoms with Crippen LogP contribution in [0.2, 0.25) is 0 Å². The fraction of sp³-hybridized carbons (Fsp3) is 0.455. The lowest BCUT2D eigenvalue weighted by atomic mass is 10.3. The zero-order valence-corrected chi connectivity index (χ0v) is 13.2. The minimum absolute atomic E-state index is 0.0806. The number of halogens is 2. The van der Waals surface area contributed by atoms with E-state index in [0.717, 1.165) is 4.31 Å². The van der Waals surface area contributed by atoms with Gasteiger partial charge in [-0.15, -0.1) is 0 Å². The van der Waals surface area contributed by atoms with E-state index in [4.69, 9.17) is 0 Å². The molecular weight excluding hydrogens is 337 g/mol. The Labute approximate surface area is 121 Å². The topological polar surface area (TPSA) is 61.4 Å². The van der Waals surface area contributed by atoms with Gasteiger partial charge in [-0.1, -0.05) is 6.07 Å². The Hall–Kier alpha value is -0.700. The van der Waals surface area contributed by atoms with Crippen LogP contribution in [0.15, 0.2) is 22.7 Å². The van der Waals surface area contributed by atoms with Crippen LogP contribution >= 0.6 is 15.9 Å². The molecule has 0 radical (unpaired) electrons. The Morgan fingerprint density at radius 2 is 2.11 bits per heavy atom. The van der Waals surface area contributed by atoms with Crippen LogP contribution in [0.25, 0.3) is 0 Å². The van der Waals surface area contributed by atoms with Crippen molar-refractivity contribution in [2.24, 2.45) is 0 Å². The summed E-state index contributed by atoms with van der Waals surface area (Å²) in [5.74, 6) is -0.624. The van der Waals surface area contributed by atoms with Gasteiger partial charge in [0.15, 0.2) is 0 Å². The molecule has 2 N–H and O–H groups in total. The number of rotatable bonds is 7. The summed E-state index contributed by atoms with van der Waals surface area (Å²) in [5.41, 5.74) is -0.0806. The highest BCUT2D eigenvalue weighted by atomic mass is 79.9. The molecule has 0 bridgehead atoms. The maximum absolute atomic E-state index is 13.6. The van der Waals surface area contributed by atoms with Gasteiger partial charge < -0.3 is 5.32 Å². The van der Waals surface area contributed by atoms with Gasteiger partial charge in [0.1, 0.15) is 5.82 Å². The summed E-state index contributed by atoms with van der Waals surface area (Å²) >= 11 is 3.12. The molecule has 0 heterocycles. The third-order valence-electron chi connectivity index (χ3n) is 2.50. The lowest BCUT2D eigenvalue weighted by molar-refractivity contribution is 0.462. The van der Waals surface area contributed by atoms with Crippen LogP contribution < -0.4 is 10.0 Å². The number of anilines is 1. The second kappa shape index (κ2) is 7.18. The summed E-state index contributed by atoms with van der Waals surface area (Å²) in [4.78, 5) is 0. The Morgan fingerprint density at radius 1 is 1.42 bits per heavy atom. The van der Waals surface area contributed by atoms with E-state index < -0.39 is 16.0 Å². The summed E-state index contributed by atoms with van der Waals surface area (Å²) < 4.78 is 41.3. The first-order chi connectivity index (χ1) is 8.88. The Morgan fingerprint density at radius 3 is 2.68 bits per heavy atom. The van der Waals surface area contributed by atoms with Gasteiger partial charge >= 0.3 is 10.2 Å². The molecule has 0 aliphatic rings. The molecule has 0 saturated carbocycles. The van der Waals surface area contributed by atoms with Crippen molar-refractivity contribution in [2.45, 2.75) is 6.42 Å². The first kappa shape index (κ1) is 16.4. The lowest BCUT2D eigenvalue weighted by Crippen LogP contribution is -2.34. The van der Waals surface area contributed by atoms with Crippen molar-refractivity contribution in [3.63, 3.8) is 0 Å². The van der Waals surface area contributed by atoms with E-state index in [1.54, 1.807) is 13.1 Å². The van der Waals surface area contributed by atoms with Crippen LogP contribution in [0.4, 0.5) is 10.1 Å². The van der Waals surface area contributed by atoms with Crippen LogP contribution in [0.1, 0.15) is 6.42 Å². The highest BCUT2D eigenvalue weighted by Gasteiger charge is 2.20. The molecule has 1 aromatic carbocycles. The first-order valence-corrected chi connectivity index (χ1v) is 7.94. The summed E-state index contributed by atoms with van der Waals surface area (Å²) in [5, 5.41) is 2.93. The molecule has 0 saturated heterocycles. The zero-order valence-electron chi connectivity index (χ0n) is 10.8. The lowest BCUT2D eigenvalue weighted by Gasteiger charge is -2.19. The van der Waals surface area contributed by atoms with E-state index in [9.17, 15) is 12.8 Å². The van der Waals surface area contributed by atoms with Crippen LogP contribution in [0, 0.1) is 5.82 Å². The average molecular weight is 354 g/mol. The molecular formula is C11H17BrFN3O2S. The summed E-state index contributed by atoms with van der Waals surface area (Å²) in [7, 11) is -0.507. The largest absolute Gasteiger partial charge is 0.320 e. The number of para-hydroxylation sites is 1. The minimum Gasteiger partial charge on any atom is -0.320 e. The summed E-state index contributed by atoms with van der Waals surface area (Å²) in [6.45, 7) is 1.06. The van der Waals surface area contributed by atoms with Crippen molar-refractivity contribution in [1.82, 2.24) is 9.62 Å². The number of nitrogens with zero attached hydrogens (tertiary/aromatic N) is 1. The molecule has 5 nitrogen and oxygen atoms in total. The highest BCUT2D eigenvalue weighted by Crippen LogP contribution is 2.26. The SMILES string of the molecule is CNCCCN(C)S(=O)(=O)Nc1c(F)cccc1Br. The zero-order chi connectivity index (χ0) is 14.5. The number of hydrogen-bond acceptors (Lipinski definition) is 3. The number of nitrogens with one attached hydrogen (secondary N) is 2. The van der Waals surface area contributed by atoms with E-state index in [1.807, 2.05) is 0 Å². The van der Waals surface area contributed by atoms with Gasteiger partial charge in [0.05, 0.1) is 5.69 Å². The molecule has 0 spiro atoms. The predicted octanol–water partition coefficient (Wildman–Crippen LogP) is 1.79. The highest BCUT2D eigenvalue weighted by molar-refractivity contribution is 9.10. The van der Waals surface area contributed by atoms with Crippen molar-refractivity contribution < 1.29 is 12.8 Å². The summed E-state index contributed by atoms with van der Waals surface area (Å²) in [6.07, 6.45) is 0.673. The van der Waals surface area contributed by atoms with Crippen LogP contribution in [-0.2, 0) is 10.2 Å². The Kier molecular flexibility index (Phi) is 6.18. The van der Waals surface area contributed by atoms with Gasteiger partial charge in [0.2, 0.25) is 0 Å². The predicted molar refractivity (Wildman–Crippen MR) is 77.8 cm³/mol. The normalized spacial score (nSPS) is 11.8. The smallest absolute Gasteiger partial charge is 0.301 e. The molecule has 0 fully saturated rings. The molecule has 0 atom stereocenters. The van der Waals surface area contributed by atoms with E-state index in [0.29, 0.717) is 24.0 Å². The number of benzene rings is 1. The van der Waals surface area contributed by atoms with Gasteiger partial charge in [-0.3, -0.25) is 4.72 Å². The monoisotopic (exact) mass is 353 g/mol. The molecule has 1 aromatic rings. The number of hydrogen-bond donors (Lipinski definition) is 2. The molecule has 0 aliphatic carbocycles. The van der Waals surface area contributed by atoms with Crippen molar-refractivity contribution in [3.8, 4) is 0 Å². The van der Waals surface area contributed by atoms with E-state index in [-0.39, 0.29) is 5.69 Å². The van der Waals surface area contributed by atoms with Crippen molar-refractivity contribution in [1.29, 1.82) is 0 Å². The Balaban J connectivity index is 2.79.